The number of quaternary nitrogens is 1. The molecule has 0 bridgehead atoms. The number of likely N-dealkylation sites (tertiary alicyclic amines) is 1. The molecule has 1 N–H and O–H groups in total. The van der Waals surface area contributed by atoms with E-state index in [-0.39, 0.29) is 12.1 Å². The first kappa shape index (κ1) is 10.2. The van der Waals surface area contributed by atoms with E-state index in [9.17, 15) is 4.79 Å². The number of rotatable bonds is 2. The Morgan fingerprint density at radius 2 is 2.53 bits per heavy atom. The monoisotopic (exact) mass is 210 g/mol. The van der Waals surface area contributed by atoms with Crippen molar-refractivity contribution in [1.82, 2.24) is 0 Å². The number of nitrogens with one attached hydrogen (secondary N) is 1. The molecule has 4 heteroatoms. The topological polar surface area (TPSA) is 43.9 Å². The van der Waals surface area contributed by atoms with E-state index in [1.54, 1.807) is 12.1 Å². The van der Waals surface area contributed by atoms with Crippen molar-refractivity contribution in [1.29, 1.82) is 0 Å². The molecular weight excluding hydrogens is 194 g/mol. The minimum absolute atomic E-state index is 0.0383. The fraction of sp³-hybridized carbons (Fsp3) is 0.545. The molecule has 0 radical (unpaired) electrons. The summed E-state index contributed by atoms with van der Waals surface area (Å²) in [5.74, 6) is -0.0575. The molecule has 2 unspecified atom stereocenters. The van der Waals surface area contributed by atoms with Gasteiger partial charge < -0.3 is 14.1 Å². The van der Waals surface area contributed by atoms with Gasteiger partial charge in [0.15, 0.2) is 6.10 Å². The highest BCUT2D eigenvalue weighted by atomic mass is 16.6. The van der Waals surface area contributed by atoms with Gasteiger partial charge >= 0.3 is 5.97 Å². The molecule has 2 heterocycles. The first-order valence-electron chi connectivity index (χ1n) is 5.31. The van der Waals surface area contributed by atoms with Crippen LogP contribution in [-0.4, -0.2) is 32.2 Å². The van der Waals surface area contributed by atoms with Crippen LogP contribution in [0.3, 0.4) is 0 Å². The SMILES string of the molecule is C[NH+]1CCCC(OC(=O)c2ccco2)C1. The van der Waals surface area contributed by atoms with Crippen molar-refractivity contribution in [2.75, 3.05) is 20.1 Å². The maximum atomic E-state index is 11.6. The highest BCUT2D eigenvalue weighted by Gasteiger charge is 2.24. The number of ether oxygens (including phenoxy) is 1. The summed E-state index contributed by atoms with van der Waals surface area (Å²) < 4.78 is 10.3. The standard InChI is InChI=1S/C11H15NO3/c1-12-6-2-4-9(8-12)15-11(13)10-5-3-7-14-10/h3,5,7,9H,2,4,6,8H2,1H3/p+1. The fourth-order valence-corrected chi connectivity index (χ4v) is 1.93. The van der Waals surface area contributed by atoms with E-state index in [1.165, 1.54) is 11.2 Å². The van der Waals surface area contributed by atoms with E-state index in [2.05, 4.69) is 7.05 Å². The summed E-state index contributed by atoms with van der Waals surface area (Å²) in [4.78, 5) is 13.0. The minimum atomic E-state index is -0.347. The van der Waals surface area contributed by atoms with Gasteiger partial charge in [-0.2, -0.15) is 0 Å². The molecule has 0 aliphatic carbocycles. The predicted octanol–water partition coefficient (Wildman–Crippen LogP) is 0.114. The van der Waals surface area contributed by atoms with Gasteiger partial charge in [0.1, 0.15) is 6.54 Å². The second-order valence-electron chi connectivity index (χ2n) is 4.06. The van der Waals surface area contributed by atoms with Gasteiger partial charge in [0.05, 0.1) is 19.9 Å². The summed E-state index contributed by atoms with van der Waals surface area (Å²) in [6, 6.07) is 3.32. The van der Waals surface area contributed by atoms with Crippen LogP contribution in [0.25, 0.3) is 0 Å². The molecule has 82 valence electrons. The fourth-order valence-electron chi connectivity index (χ4n) is 1.93. The Morgan fingerprint density at radius 3 is 3.20 bits per heavy atom. The van der Waals surface area contributed by atoms with Crippen LogP contribution < -0.4 is 4.90 Å². The number of hydrogen-bond donors (Lipinski definition) is 1. The van der Waals surface area contributed by atoms with Crippen LogP contribution in [0, 0.1) is 0 Å². The van der Waals surface area contributed by atoms with Gasteiger partial charge in [0.2, 0.25) is 5.76 Å². The van der Waals surface area contributed by atoms with Crippen molar-refractivity contribution >= 4 is 5.97 Å². The van der Waals surface area contributed by atoms with Gasteiger partial charge in [0, 0.05) is 6.42 Å². The normalized spacial score (nSPS) is 26.2. The summed E-state index contributed by atoms with van der Waals surface area (Å²) in [6.45, 7) is 2.06. The molecule has 2 rings (SSSR count). The summed E-state index contributed by atoms with van der Waals surface area (Å²) in [5.41, 5.74) is 0. The average molecular weight is 210 g/mol. The molecule has 1 aliphatic heterocycles. The molecule has 4 nitrogen and oxygen atoms in total. The largest absolute Gasteiger partial charge is 0.457 e. The highest BCUT2D eigenvalue weighted by molar-refractivity contribution is 5.86. The number of carbonyl (C=O) groups is 1. The molecule has 15 heavy (non-hydrogen) atoms. The molecule has 0 spiro atoms. The lowest BCUT2D eigenvalue weighted by atomic mass is 10.1. The van der Waals surface area contributed by atoms with Crippen LogP contribution in [0.1, 0.15) is 23.4 Å². The lowest BCUT2D eigenvalue weighted by Gasteiger charge is -2.26. The maximum Gasteiger partial charge on any atom is 0.374 e. The molecule has 0 aromatic carbocycles. The van der Waals surface area contributed by atoms with Gasteiger partial charge in [-0.25, -0.2) is 4.79 Å². The van der Waals surface area contributed by atoms with E-state index < -0.39 is 0 Å². The zero-order valence-electron chi connectivity index (χ0n) is 8.86. The first-order valence-corrected chi connectivity index (χ1v) is 5.31. The van der Waals surface area contributed by atoms with Gasteiger partial charge in [-0.3, -0.25) is 0 Å². The van der Waals surface area contributed by atoms with Crippen molar-refractivity contribution < 1.29 is 18.8 Å². The molecule has 1 fully saturated rings. The quantitative estimate of drug-likeness (QED) is 0.705. The van der Waals surface area contributed by atoms with Crippen molar-refractivity contribution in [2.24, 2.45) is 0 Å². The molecule has 0 saturated carbocycles. The Balaban J connectivity index is 1.89. The third-order valence-electron chi connectivity index (χ3n) is 2.70. The molecule has 1 saturated heterocycles. The summed E-state index contributed by atoms with van der Waals surface area (Å²) in [5, 5.41) is 0. The van der Waals surface area contributed by atoms with Crippen LogP contribution >= 0.6 is 0 Å². The smallest absolute Gasteiger partial charge is 0.374 e. The van der Waals surface area contributed by atoms with Crippen molar-refractivity contribution in [3.8, 4) is 0 Å². The number of hydrogen-bond acceptors (Lipinski definition) is 3. The van der Waals surface area contributed by atoms with Gasteiger partial charge in [-0.05, 0) is 18.6 Å². The molecule has 1 aliphatic rings. The Kier molecular flexibility index (Phi) is 3.06. The number of piperidine rings is 1. The third-order valence-corrected chi connectivity index (χ3v) is 2.70. The van der Waals surface area contributed by atoms with Gasteiger partial charge in [0.25, 0.3) is 0 Å². The number of furan rings is 1. The highest BCUT2D eigenvalue weighted by Crippen LogP contribution is 2.08. The molecular formula is C11H16NO3+. The molecule has 2 atom stereocenters. The van der Waals surface area contributed by atoms with Crippen LogP contribution in [-0.2, 0) is 4.74 Å². The Hall–Kier alpha value is -1.29. The number of esters is 1. The third kappa shape index (κ3) is 2.59. The lowest BCUT2D eigenvalue weighted by Crippen LogP contribution is -3.11. The Bertz CT molecular complexity index is 321. The minimum Gasteiger partial charge on any atom is -0.457 e. The summed E-state index contributed by atoms with van der Waals surface area (Å²) >= 11 is 0. The molecule has 1 aromatic rings. The average Bonchev–Trinajstić information content (AvgIpc) is 2.70. The van der Waals surface area contributed by atoms with E-state index >= 15 is 0 Å². The van der Waals surface area contributed by atoms with E-state index in [1.807, 2.05) is 0 Å². The second kappa shape index (κ2) is 4.49. The first-order chi connectivity index (χ1) is 7.25. The van der Waals surface area contributed by atoms with Crippen LogP contribution in [0.4, 0.5) is 0 Å². The van der Waals surface area contributed by atoms with Crippen molar-refractivity contribution in [3.05, 3.63) is 24.2 Å². The summed E-state index contributed by atoms with van der Waals surface area (Å²) in [7, 11) is 2.12. The van der Waals surface area contributed by atoms with Crippen molar-refractivity contribution in [3.63, 3.8) is 0 Å². The van der Waals surface area contributed by atoms with Crippen LogP contribution in [0.2, 0.25) is 0 Å². The maximum absolute atomic E-state index is 11.6. The van der Waals surface area contributed by atoms with Gasteiger partial charge in [-0.1, -0.05) is 0 Å². The second-order valence-corrected chi connectivity index (χ2v) is 4.06. The summed E-state index contributed by atoms with van der Waals surface area (Å²) in [6.07, 6.45) is 3.59. The molecule has 1 aromatic heterocycles. The van der Waals surface area contributed by atoms with E-state index in [0.717, 1.165) is 25.9 Å². The van der Waals surface area contributed by atoms with Crippen molar-refractivity contribution in [2.45, 2.75) is 18.9 Å². The van der Waals surface area contributed by atoms with Crippen LogP contribution in [0.5, 0.6) is 0 Å². The Labute approximate surface area is 88.8 Å². The van der Waals surface area contributed by atoms with E-state index in [0.29, 0.717) is 5.76 Å². The van der Waals surface area contributed by atoms with Gasteiger partial charge in [-0.15, -0.1) is 0 Å². The molecule has 0 amide bonds. The lowest BCUT2D eigenvalue weighted by molar-refractivity contribution is -0.888. The number of carbonyl (C=O) groups excluding carboxylic acids is 1. The number of likely N-dealkylation sites (N-methyl/N-ethyl adjacent to an activating group) is 1. The predicted molar refractivity (Wildman–Crippen MR) is 53.8 cm³/mol. The zero-order chi connectivity index (χ0) is 10.7. The van der Waals surface area contributed by atoms with Crippen LogP contribution in [0.15, 0.2) is 22.8 Å². The van der Waals surface area contributed by atoms with E-state index in [4.69, 9.17) is 9.15 Å². The zero-order valence-corrected chi connectivity index (χ0v) is 8.86. The Morgan fingerprint density at radius 1 is 1.67 bits per heavy atom.